The molecule has 1 atom stereocenters. The van der Waals surface area contributed by atoms with Crippen LogP contribution in [0.5, 0.6) is 5.75 Å². The van der Waals surface area contributed by atoms with Crippen LogP contribution in [0.3, 0.4) is 0 Å². The summed E-state index contributed by atoms with van der Waals surface area (Å²) in [5.41, 5.74) is 3.25. The van der Waals surface area contributed by atoms with Gasteiger partial charge in [-0.3, -0.25) is 0 Å². The summed E-state index contributed by atoms with van der Waals surface area (Å²) in [6.45, 7) is 2.36. The van der Waals surface area contributed by atoms with Gasteiger partial charge in [-0.1, -0.05) is 12.1 Å². The van der Waals surface area contributed by atoms with Crippen LogP contribution in [0.25, 0.3) is 10.9 Å². The zero-order valence-electron chi connectivity index (χ0n) is 23.4. The van der Waals surface area contributed by atoms with Gasteiger partial charge in [0.1, 0.15) is 11.6 Å². The largest absolute Gasteiger partial charge is 0.497 e. The van der Waals surface area contributed by atoms with Gasteiger partial charge in [0, 0.05) is 53.4 Å². The van der Waals surface area contributed by atoms with E-state index in [1.54, 1.807) is 30.2 Å². The van der Waals surface area contributed by atoms with Gasteiger partial charge < -0.3 is 25.0 Å². The summed E-state index contributed by atoms with van der Waals surface area (Å²) in [7, 11) is -2.11. The van der Waals surface area contributed by atoms with Crippen molar-refractivity contribution >= 4 is 32.6 Å². The average Bonchev–Trinajstić information content (AvgIpc) is 3.38. The number of aryl methyl sites for hydroxylation is 1. The molecule has 1 spiro atoms. The van der Waals surface area contributed by atoms with E-state index in [0.29, 0.717) is 24.3 Å². The highest BCUT2D eigenvalue weighted by Gasteiger charge is 2.50. The first kappa shape index (κ1) is 28.2. The summed E-state index contributed by atoms with van der Waals surface area (Å²) in [6.07, 6.45) is 0.949. The minimum atomic E-state index is -3.70. The second kappa shape index (κ2) is 10.7. The number of urea groups is 1. The molecule has 220 valence electrons. The van der Waals surface area contributed by atoms with Gasteiger partial charge >= 0.3 is 6.03 Å². The van der Waals surface area contributed by atoms with Crippen LogP contribution in [0, 0.1) is 12.7 Å². The number of nitrogens with zero attached hydrogens (tertiary/aromatic N) is 2. The Morgan fingerprint density at radius 2 is 1.86 bits per heavy atom. The average molecular weight is 593 g/mol. The van der Waals surface area contributed by atoms with Gasteiger partial charge in [0.15, 0.2) is 0 Å². The molecule has 0 radical (unpaired) electrons. The number of anilines is 1. The molecule has 2 aliphatic heterocycles. The summed E-state index contributed by atoms with van der Waals surface area (Å²) in [4.78, 5) is 19.0. The third-order valence-corrected chi connectivity index (χ3v) is 10.5. The summed E-state index contributed by atoms with van der Waals surface area (Å²) >= 11 is 0. The second-order valence-corrected chi connectivity index (χ2v) is 13.0. The number of benzene rings is 3. The van der Waals surface area contributed by atoms with E-state index in [1.165, 1.54) is 28.6 Å². The molecule has 0 saturated carbocycles. The zero-order valence-corrected chi connectivity index (χ0v) is 24.2. The monoisotopic (exact) mass is 592 g/mol. The number of aliphatic hydroxyl groups excluding tert-OH is 1. The first-order valence-electron chi connectivity index (χ1n) is 13.9. The molecule has 42 heavy (non-hydrogen) atoms. The van der Waals surface area contributed by atoms with Gasteiger partial charge in [0.2, 0.25) is 10.0 Å². The molecule has 0 unspecified atom stereocenters. The Labute approximate surface area is 244 Å². The molecule has 1 aromatic heterocycles. The van der Waals surface area contributed by atoms with Gasteiger partial charge in [0.25, 0.3) is 0 Å². The number of hydrogen-bond acceptors (Lipinski definition) is 5. The lowest BCUT2D eigenvalue weighted by atomic mass is 9.68. The number of fused-ring (bicyclic) bond motifs is 4. The Bertz CT molecular complexity index is 1750. The number of methoxy groups -OCH3 is 1. The quantitative estimate of drug-likeness (QED) is 0.304. The topological polar surface area (TPSA) is 115 Å². The highest BCUT2D eigenvalue weighted by molar-refractivity contribution is 7.89. The Morgan fingerprint density at radius 3 is 2.52 bits per heavy atom. The molecule has 3 heterocycles. The molecule has 2 amide bonds. The standard InChI is InChI=1S/C31H33FN4O5S/c1-20-4-3-5-24(16-20)42(39,40)35-14-12-31(13-15-35)19-36(30(38)33-22-8-6-21(32)7-9-22)27(18-37)29-28(31)25-11-10-23(41-2)17-26(25)34-29/h3-11,16-17,27,34,37H,12-15,18-19H2,1-2H3,(H,33,38)/t27-/m0/s1. The van der Waals surface area contributed by atoms with E-state index in [4.69, 9.17) is 4.74 Å². The Morgan fingerprint density at radius 1 is 1.12 bits per heavy atom. The van der Waals surface area contributed by atoms with Gasteiger partial charge in [-0.25, -0.2) is 17.6 Å². The number of ether oxygens (including phenoxy) is 1. The maximum absolute atomic E-state index is 13.7. The van der Waals surface area contributed by atoms with Crippen LogP contribution in [-0.2, 0) is 15.4 Å². The molecule has 1 fully saturated rings. The molecule has 1 saturated heterocycles. The van der Waals surface area contributed by atoms with Crippen LogP contribution in [0.4, 0.5) is 14.9 Å². The van der Waals surface area contributed by atoms with E-state index >= 15 is 0 Å². The van der Waals surface area contributed by atoms with Crippen molar-refractivity contribution in [3.63, 3.8) is 0 Å². The molecule has 6 rings (SSSR count). The van der Waals surface area contributed by atoms with Crippen molar-refractivity contribution in [3.05, 3.63) is 89.4 Å². The smallest absolute Gasteiger partial charge is 0.322 e. The van der Waals surface area contributed by atoms with Crippen molar-refractivity contribution in [2.75, 3.05) is 38.7 Å². The molecule has 2 aliphatic rings. The lowest BCUT2D eigenvalue weighted by Crippen LogP contribution is -2.56. The summed E-state index contributed by atoms with van der Waals surface area (Å²) in [5.74, 6) is 0.254. The maximum atomic E-state index is 13.7. The van der Waals surface area contributed by atoms with Crippen molar-refractivity contribution in [2.45, 2.75) is 36.1 Å². The number of sulfonamides is 1. The van der Waals surface area contributed by atoms with Crippen LogP contribution in [0.2, 0.25) is 0 Å². The van der Waals surface area contributed by atoms with Gasteiger partial charge in [-0.05, 0) is 79.4 Å². The number of H-pyrrole nitrogens is 1. The second-order valence-electron chi connectivity index (χ2n) is 11.1. The van der Waals surface area contributed by atoms with Gasteiger partial charge in [-0.15, -0.1) is 0 Å². The van der Waals surface area contributed by atoms with E-state index in [2.05, 4.69) is 10.3 Å². The summed E-state index contributed by atoms with van der Waals surface area (Å²) < 4.78 is 47.6. The lowest BCUT2D eigenvalue weighted by molar-refractivity contribution is 0.0860. The lowest BCUT2D eigenvalue weighted by Gasteiger charge is -2.49. The van der Waals surface area contributed by atoms with Crippen molar-refractivity contribution in [1.29, 1.82) is 0 Å². The number of piperidine rings is 1. The fourth-order valence-electron chi connectivity index (χ4n) is 6.44. The molecule has 3 aromatic carbocycles. The number of aromatic nitrogens is 1. The molecule has 9 nitrogen and oxygen atoms in total. The Kier molecular flexibility index (Phi) is 7.20. The fourth-order valence-corrected chi connectivity index (χ4v) is 7.98. The number of aromatic amines is 1. The summed E-state index contributed by atoms with van der Waals surface area (Å²) in [5, 5.41) is 14.4. The van der Waals surface area contributed by atoms with Crippen LogP contribution < -0.4 is 10.1 Å². The number of hydrogen-bond donors (Lipinski definition) is 3. The van der Waals surface area contributed by atoms with Crippen molar-refractivity contribution in [1.82, 2.24) is 14.2 Å². The van der Waals surface area contributed by atoms with Crippen molar-refractivity contribution in [3.8, 4) is 5.75 Å². The number of carbonyl (C=O) groups excluding carboxylic acids is 1. The third kappa shape index (κ3) is 4.81. The van der Waals surface area contributed by atoms with E-state index in [0.717, 1.165) is 27.7 Å². The Hall–Kier alpha value is -3.93. The molecular formula is C31H33FN4O5S. The Balaban J connectivity index is 1.39. The summed E-state index contributed by atoms with van der Waals surface area (Å²) in [6, 6.07) is 17.0. The van der Waals surface area contributed by atoms with Crippen molar-refractivity contribution < 1.29 is 27.4 Å². The molecule has 3 N–H and O–H groups in total. The SMILES string of the molecule is COc1ccc2c3c([nH]c2c1)[C@H](CO)N(C(=O)Nc1ccc(F)cc1)CC31CCN(S(=O)(=O)c2cccc(C)c2)CC1. The third-order valence-electron chi connectivity index (χ3n) is 8.58. The maximum Gasteiger partial charge on any atom is 0.322 e. The first-order chi connectivity index (χ1) is 20.1. The molecule has 0 aliphatic carbocycles. The van der Waals surface area contributed by atoms with E-state index in [-0.39, 0.29) is 31.1 Å². The number of rotatable bonds is 5. The predicted molar refractivity (Wildman–Crippen MR) is 158 cm³/mol. The van der Waals surface area contributed by atoms with Crippen LogP contribution >= 0.6 is 0 Å². The predicted octanol–water partition coefficient (Wildman–Crippen LogP) is 4.93. The van der Waals surface area contributed by atoms with Crippen molar-refractivity contribution in [2.24, 2.45) is 0 Å². The number of halogens is 1. The number of nitrogens with one attached hydrogen (secondary N) is 2. The van der Waals surface area contributed by atoms with Crippen LogP contribution in [0.1, 0.15) is 35.7 Å². The number of aliphatic hydroxyl groups is 1. The van der Waals surface area contributed by atoms with E-state index < -0.39 is 33.3 Å². The minimum Gasteiger partial charge on any atom is -0.497 e. The van der Waals surface area contributed by atoms with Crippen LogP contribution in [-0.4, -0.2) is 67.1 Å². The van der Waals surface area contributed by atoms with Gasteiger partial charge in [0.05, 0.1) is 24.7 Å². The molecule has 0 bridgehead atoms. The number of amides is 2. The minimum absolute atomic E-state index is 0.266. The number of carbonyl (C=O) groups is 1. The zero-order chi connectivity index (χ0) is 29.6. The highest BCUT2D eigenvalue weighted by Crippen LogP contribution is 2.49. The normalized spacial score (nSPS) is 18.7. The first-order valence-corrected chi connectivity index (χ1v) is 15.3. The molecular weight excluding hydrogens is 559 g/mol. The van der Waals surface area contributed by atoms with E-state index in [9.17, 15) is 22.7 Å². The fraction of sp³-hybridized carbons (Fsp3) is 0.323. The highest BCUT2D eigenvalue weighted by atomic mass is 32.2. The van der Waals surface area contributed by atoms with Gasteiger partial charge in [-0.2, -0.15) is 4.31 Å². The molecule has 11 heteroatoms. The van der Waals surface area contributed by atoms with E-state index in [1.807, 2.05) is 31.2 Å². The molecule has 4 aromatic rings. The van der Waals surface area contributed by atoms with Crippen LogP contribution in [0.15, 0.2) is 71.6 Å².